The minimum Gasteiger partial charge on any atom is -0.368 e. The first-order valence-electron chi connectivity index (χ1n) is 6.05. The van der Waals surface area contributed by atoms with E-state index in [1.165, 1.54) is 0 Å². The lowest BCUT2D eigenvalue weighted by atomic mass is 10.0. The summed E-state index contributed by atoms with van der Waals surface area (Å²) in [6, 6.07) is 5.26. The molecule has 3 nitrogen and oxygen atoms in total. The maximum Gasteiger partial charge on any atom is 0.234 e. The van der Waals surface area contributed by atoms with Gasteiger partial charge in [-0.05, 0) is 37.1 Å². The standard InChI is InChI=1S/C13H16Cl2N2O/c14-10-5-4-9(11(15)7-10)8-17-6-2-1-3-12(17)13(16)18/h4-5,7,12H,1-3,6,8H2,(H2,16,18). The lowest BCUT2D eigenvalue weighted by Crippen LogP contribution is -2.47. The molecule has 1 heterocycles. The van der Waals surface area contributed by atoms with Crippen LogP contribution in [0.3, 0.4) is 0 Å². The van der Waals surface area contributed by atoms with Crippen LogP contribution in [0.4, 0.5) is 0 Å². The number of benzene rings is 1. The van der Waals surface area contributed by atoms with Crippen LogP contribution in [0.25, 0.3) is 0 Å². The van der Waals surface area contributed by atoms with E-state index in [1.54, 1.807) is 6.07 Å². The van der Waals surface area contributed by atoms with Gasteiger partial charge in [-0.15, -0.1) is 0 Å². The molecule has 18 heavy (non-hydrogen) atoms. The average molecular weight is 287 g/mol. The average Bonchev–Trinajstić information content (AvgIpc) is 2.33. The third-order valence-electron chi connectivity index (χ3n) is 3.33. The van der Waals surface area contributed by atoms with Crippen molar-refractivity contribution < 1.29 is 4.79 Å². The number of nitrogens with two attached hydrogens (primary N) is 1. The van der Waals surface area contributed by atoms with Crippen molar-refractivity contribution in [3.05, 3.63) is 33.8 Å². The van der Waals surface area contributed by atoms with Gasteiger partial charge in [0, 0.05) is 16.6 Å². The van der Waals surface area contributed by atoms with Crippen LogP contribution in [0.15, 0.2) is 18.2 Å². The van der Waals surface area contributed by atoms with Crippen molar-refractivity contribution in [1.82, 2.24) is 4.90 Å². The fourth-order valence-electron chi connectivity index (χ4n) is 2.37. The molecule has 0 bridgehead atoms. The summed E-state index contributed by atoms with van der Waals surface area (Å²) in [6.45, 7) is 1.52. The molecule has 2 rings (SSSR count). The van der Waals surface area contributed by atoms with Crippen molar-refractivity contribution in [2.75, 3.05) is 6.54 Å². The molecule has 1 aliphatic heterocycles. The summed E-state index contributed by atoms with van der Waals surface area (Å²) >= 11 is 12.0. The van der Waals surface area contributed by atoms with Gasteiger partial charge in [0.05, 0.1) is 6.04 Å². The number of hydrogen-bond acceptors (Lipinski definition) is 2. The quantitative estimate of drug-likeness (QED) is 0.929. The Morgan fingerprint density at radius 2 is 2.17 bits per heavy atom. The van der Waals surface area contributed by atoms with E-state index < -0.39 is 0 Å². The van der Waals surface area contributed by atoms with Gasteiger partial charge in [-0.1, -0.05) is 35.7 Å². The minimum absolute atomic E-state index is 0.175. The highest BCUT2D eigenvalue weighted by atomic mass is 35.5. The van der Waals surface area contributed by atoms with Crippen molar-refractivity contribution in [1.29, 1.82) is 0 Å². The van der Waals surface area contributed by atoms with Crippen LogP contribution >= 0.6 is 23.2 Å². The molecular weight excluding hydrogens is 271 g/mol. The summed E-state index contributed by atoms with van der Waals surface area (Å²) in [5, 5.41) is 1.25. The van der Waals surface area contributed by atoms with Gasteiger partial charge in [-0.2, -0.15) is 0 Å². The minimum atomic E-state index is -0.250. The molecule has 0 radical (unpaired) electrons. The lowest BCUT2D eigenvalue weighted by Gasteiger charge is -2.33. The summed E-state index contributed by atoms with van der Waals surface area (Å²) in [4.78, 5) is 13.5. The number of amides is 1. The van der Waals surface area contributed by atoms with Gasteiger partial charge < -0.3 is 5.73 Å². The number of rotatable bonds is 3. The number of piperidine rings is 1. The van der Waals surface area contributed by atoms with Crippen molar-refractivity contribution in [2.24, 2.45) is 5.73 Å². The summed E-state index contributed by atoms with van der Waals surface area (Å²) in [7, 11) is 0. The molecule has 1 aromatic carbocycles. The van der Waals surface area contributed by atoms with Crippen molar-refractivity contribution in [2.45, 2.75) is 31.8 Å². The van der Waals surface area contributed by atoms with E-state index in [1.807, 2.05) is 12.1 Å². The Kier molecular flexibility index (Phi) is 4.49. The van der Waals surface area contributed by atoms with Crippen molar-refractivity contribution >= 4 is 29.1 Å². The summed E-state index contributed by atoms with van der Waals surface area (Å²) < 4.78 is 0. The first-order valence-corrected chi connectivity index (χ1v) is 6.81. The number of halogens is 2. The number of primary amides is 1. The number of hydrogen-bond donors (Lipinski definition) is 1. The molecule has 2 N–H and O–H groups in total. The fourth-order valence-corrected chi connectivity index (χ4v) is 2.84. The first kappa shape index (κ1) is 13.7. The Morgan fingerprint density at radius 3 is 2.83 bits per heavy atom. The Bertz CT molecular complexity index is 451. The number of likely N-dealkylation sites (tertiary alicyclic amines) is 1. The monoisotopic (exact) mass is 286 g/mol. The second kappa shape index (κ2) is 5.91. The zero-order valence-corrected chi connectivity index (χ0v) is 11.5. The van der Waals surface area contributed by atoms with E-state index >= 15 is 0 Å². The van der Waals surface area contributed by atoms with Crippen molar-refractivity contribution in [3.8, 4) is 0 Å². The molecule has 0 aliphatic carbocycles. The lowest BCUT2D eigenvalue weighted by molar-refractivity contribution is -0.124. The van der Waals surface area contributed by atoms with E-state index in [2.05, 4.69) is 4.90 Å². The summed E-state index contributed by atoms with van der Waals surface area (Å²) in [6.07, 6.45) is 2.98. The van der Waals surface area contributed by atoms with Gasteiger partial charge in [-0.25, -0.2) is 0 Å². The number of carbonyl (C=O) groups is 1. The third kappa shape index (κ3) is 3.16. The highest BCUT2D eigenvalue weighted by molar-refractivity contribution is 6.35. The molecule has 0 spiro atoms. The first-order chi connectivity index (χ1) is 8.58. The SMILES string of the molecule is NC(=O)C1CCCCN1Cc1ccc(Cl)cc1Cl. The van der Waals surface area contributed by atoms with Crippen molar-refractivity contribution in [3.63, 3.8) is 0 Å². The maximum atomic E-state index is 11.4. The number of nitrogens with zero attached hydrogens (tertiary/aromatic N) is 1. The highest BCUT2D eigenvalue weighted by Crippen LogP contribution is 2.25. The van der Waals surface area contributed by atoms with Crippen LogP contribution in [0.1, 0.15) is 24.8 Å². The molecule has 1 atom stereocenters. The Hall–Kier alpha value is -0.770. The number of carbonyl (C=O) groups excluding carboxylic acids is 1. The molecule has 1 aliphatic rings. The van der Waals surface area contributed by atoms with E-state index in [-0.39, 0.29) is 11.9 Å². The van der Waals surface area contributed by atoms with Gasteiger partial charge in [0.1, 0.15) is 0 Å². The molecule has 1 unspecified atom stereocenters. The zero-order valence-electron chi connectivity index (χ0n) is 10.0. The fraction of sp³-hybridized carbons (Fsp3) is 0.462. The van der Waals surface area contributed by atoms with E-state index in [0.29, 0.717) is 16.6 Å². The Labute approximate surface area is 117 Å². The van der Waals surface area contributed by atoms with Crippen LogP contribution in [-0.2, 0) is 11.3 Å². The second-order valence-corrected chi connectivity index (χ2v) is 5.46. The van der Waals surface area contributed by atoms with Gasteiger partial charge in [0.15, 0.2) is 0 Å². The smallest absolute Gasteiger partial charge is 0.234 e. The van der Waals surface area contributed by atoms with Gasteiger partial charge in [0.25, 0.3) is 0 Å². The van der Waals surface area contributed by atoms with Crippen LogP contribution in [0.2, 0.25) is 10.0 Å². The van der Waals surface area contributed by atoms with Crippen LogP contribution in [-0.4, -0.2) is 23.4 Å². The van der Waals surface area contributed by atoms with E-state index in [9.17, 15) is 4.79 Å². The molecule has 1 saturated heterocycles. The summed E-state index contributed by atoms with van der Waals surface area (Å²) in [5.74, 6) is -0.250. The largest absolute Gasteiger partial charge is 0.368 e. The van der Waals surface area contributed by atoms with Crippen LogP contribution in [0.5, 0.6) is 0 Å². The van der Waals surface area contributed by atoms with Gasteiger partial charge in [0.2, 0.25) is 5.91 Å². The van der Waals surface area contributed by atoms with Crippen LogP contribution in [0, 0.1) is 0 Å². The highest BCUT2D eigenvalue weighted by Gasteiger charge is 2.27. The summed E-state index contributed by atoms with van der Waals surface area (Å²) in [5.41, 5.74) is 6.42. The predicted octanol–water partition coefficient (Wildman–Crippen LogP) is 2.83. The van der Waals surface area contributed by atoms with Crippen LogP contribution < -0.4 is 5.73 Å². The molecule has 5 heteroatoms. The molecule has 0 saturated carbocycles. The third-order valence-corrected chi connectivity index (χ3v) is 3.92. The maximum absolute atomic E-state index is 11.4. The second-order valence-electron chi connectivity index (χ2n) is 4.62. The van der Waals surface area contributed by atoms with Gasteiger partial charge in [-0.3, -0.25) is 9.69 Å². The molecule has 1 fully saturated rings. The topological polar surface area (TPSA) is 46.3 Å². The normalized spacial score (nSPS) is 20.9. The van der Waals surface area contributed by atoms with Gasteiger partial charge >= 0.3 is 0 Å². The Morgan fingerprint density at radius 1 is 1.39 bits per heavy atom. The Balaban J connectivity index is 2.13. The van der Waals surface area contributed by atoms with E-state index in [0.717, 1.165) is 31.4 Å². The van der Waals surface area contributed by atoms with E-state index in [4.69, 9.17) is 28.9 Å². The molecule has 0 aromatic heterocycles. The molecule has 1 amide bonds. The molecule has 98 valence electrons. The molecule has 1 aromatic rings. The molecular formula is C13H16Cl2N2O. The predicted molar refractivity (Wildman–Crippen MR) is 73.7 cm³/mol. The zero-order chi connectivity index (χ0) is 13.1.